The molecule has 0 aliphatic heterocycles. The minimum absolute atomic E-state index is 0.00934. The summed E-state index contributed by atoms with van der Waals surface area (Å²) in [5, 5.41) is 23.5. The van der Waals surface area contributed by atoms with Crippen molar-refractivity contribution >= 4 is 17.3 Å². The molecule has 6 heteroatoms. The van der Waals surface area contributed by atoms with E-state index in [4.69, 9.17) is 11.6 Å². The van der Waals surface area contributed by atoms with Gasteiger partial charge in [0.2, 0.25) is 0 Å². The first-order chi connectivity index (χ1) is 7.70. The van der Waals surface area contributed by atoms with Crippen LogP contribution in [0.3, 0.4) is 0 Å². The molecule has 5 nitrogen and oxygen atoms in total. The van der Waals surface area contributed by atoms with Crippen LogP contribution in [0.2, 0.25) is 5.02 Å². The molecule has 0 unspecified atom stereocenters. The number of rotatable bonds is 3. The van der Waals surface area contributed by atoms with Crippen LogP contribution in [0, 0.1) is 10.1 Å². The summed E-state index contributed by atoms with van der Waals surface area (Å²) in [4.78, 5) is 10.1. The number of benzene rings is 1. The highest BCUT2D eigenvalue weighted by molar-refractivity contribution is 6.32. The number of phenols is 1. The van der Waals surface area contributed by atoms with Crippen molar-refractivity contribution in [1.82, 2.24) is 5.32 Å². The van der Waals surface area contributed by atoms with Crippen LogP contribution in [-0.2, 0) is 6.54 Å². The molecule has 1 aromatic carbocycles. The normalized spacial score (nSPS) is 11.5. The molecule has 0 amide bonds. The third kappa shape index (κ3) is 3.87. The molecule has 1 aromatic rings. The van der Waals surface area contributed by atoms with E-state index >= 15 is 0 Å². The Morgan fingerprint density at radius 3 is 2.53 bits per heavy atom. The van der Waals surface area contributed by atoms with Gasteiger partial charge in [0, 0.05) is 29.8 Å². The molecular weight excluding hydrogens is 244 g/mol. The molecule has 1 rings (SSSR count). The predicted octanol–water partition coefficient (Wildman–Crippen LogP) is 2.84. The highest BCUT2D eigenvalue weighted by Gasteiger charge is 2.16. The molecule has 0 spiro atoms. The fourth-order valence-electron chi connectivity index (χ4n) is 1.24. The second kappa shape index (κ2) is 4.89. The largest absolute Gasteiger partial charge is 0.506 e. The molecule has 17 heavy (non-hydrogen) atoms. The Balaban J connectivity index is 3.02. The SMILES string of the molecule is CC(C)(C)NCc1cc([N+](=O)[O-])cc(Cl)c1O. The van der Waals surface area contributed by atoms with Gasteiger partial charge in [-0.1, -0.05) is 11.6 Å². The minimum atomic E-state index is -0.536. The van der Waals surface area contributed by atoms with Crippen LogP contribution in [0.25, 0.3) is 0 Å². The van der Waals surface area contributed by atoms with Gasteiger partial charge in [-0.05, 0) is 20.8 Å². The Bertz CT molecular complexity index is 441. The third-order valence-electron chi connectivity index (χ3n) is 2.15. The van der Waals surface area contributed by atoms with Gasteiger partial charge in [0.05, 0.1) is 9.95 Å². The summed E-state index contributed by atoms with van der Waals surface area (Å²) in [5.74, 6) is -0.117. The summed E-state index contributed by atoms with van der Waals surface area (Å²) in [7, 11) is 0. The fraction of sp³-hybridized carbons (Fsp3) is 0.455. The summed E-state index contributed by atoms with van der Waals surface area (Å²) < 4.78 is 0. The lowest BCUT2D eigenvalue weighted by Gasteiger charge is -2.21. The van der Waals surface area contributed by atoms with E-state index in [0.717, 1.165) is 6.07 Å². The van der Waals surface area contributed by atoms with Crippen molar-refractivity contribution in [3.8, 4) is 5.75 Å². The number of halogens is 1. The monoisotopic (exact) mass is 258 g/mol. The van der Waals surface area contributed by atoms with Crippen molar-refractivity contribution in [2.24, 2.45) is 0 Å². The van der Waals surface area contributed by atoms with E-state index in [1.165, 1.54) is 6.07 Å². The van der Waals surface area contributed by atoms with Gasteiger partial charge >= 0.3 is 0 Å². The van der Waals surface area contributed by atoms with Crippen LogP contribution in [0.15, 0.2) is 12.1 Å². The van der Waals surface area contributed by atoms with Crippen LogP contribution in [0.5, 0.6) is 5.75 Å². The average molecular weight is 259 g/mol. The zero-order chi connectivity index (χ0) is 13.2. The van der Waals surface area contributed by atoms with Gasteiger partial charge in [-0.15, -0.1) is 0 Å². The summed E-state index contributed by atoms with van der Waals surface area (Å²) in [6, 6.07) is 2.46. The molecule has 0 radical (unpaired) electrons. The highest BCUT2D eigenvalue weighted by Crippen LogP contribution is 2.32. The van der Waals surface area contributed by atoms with E-state index in [0.29, 0.717) is 12.1 Å². The number of non-ortho nitro benzene ring substituents is 1. The van der Waals surface area contributed by atoms with Crippen LogP contribution in [0.1, 0.15) is 26.3 Å². The lowest BCUT2D eigenvalue weighted by molar-refractivity contribution is -0.384. The molecule has 94 valence electrons. The third-order valence-corrected chi connectivity index (χ3v) is 2.44. The van der Waals surface area contributed by atoms with Crippen LogP contribution < -0.4 is 5.32 Å². The molecule has 0 aliphatic carbocycles. The first-order valence-corrected chi connectivity index (χ1v) is 5.49. The van der Waals surface area contributed by atoms with E-state index in [9.17, 15) is 15.2 Å². The number of nitrogens with zero attached hydrogens (tertiary/aromatic N) is 1. The number of nitrogens with one attached hydrogen (secondary N) is 1. The van der Waals surface area contributed by atoms with E-state index in [2.05, 4.69) is 5.32 Å². The molecule has 0 saturated carbocycles. The second-order valence-corrected chi connectivity index (χ2v) is 5.20. The Morgan fingerprint density at radius 2 is 2.06 bits per heavy atom. The Labute approximate surface area is 105 Å². The Morgan fingerprint density at radius 1 is 1.47 bits per heavy atom. The molecule has 2 N–H and O–H groups in total. The van der Waals surface area contributed by atoms with Gasteiger partial charge in [-0.25, -0.2) is 0 Å². The highest BCUT2D eigenvalue weighted by atomic mass is 35.5. The first-order valence-electron chi connectivity index (χ1n) is 5.11. The van der Waals surface area contributed by atoms with Crippen LogP contribution >= 0.6 is 11.6 Å². The maximum Gasteiger partial charge on any atom is 0.271 e. The minimum Gasteiger partial charge on any atom is -0.506 e. The quantitative estimate of drug-likeness (QED) is 0.646. The number of aromatic hydroxyl groups is 1. The van der Waals surface area contributed by atoms with Crippen molar-refractivity contribution in [2.45, 2.75) is 32.9 Å². The standard InChI is InChI=1S/C11H15ClN2O3/c1-11(2,3)13-6-7-4-8(14(16)17)5-9(12)10(7)15/h4-5,13,15H,6H2,1-3H3. The number of phenolic OH excluding ortho intramolecular Hbond substituents is 1. The van der Waals surface area contributed by atoms with Crippen LogP contribution in [0.4, 0.5) is 5.69 Å². The number of hydrogen-bond donors (Lipinski definition) is 2. The molecule has 0 aliphatic rings. The van der Waals surface area contributed by atoms with E-state index < -0.39 is 4.92 Å². The topological polar surface area (TPSA) is 75.4 Å². The zero-order valence-corrected chi connectivity index (χ0v) is 10.7. The maximum absolute atomic E-state index is 10.7. The Hall–Kier alpha value is -1.33. The zero-order valence-electron chi connectivity index (χ0n) is 9.95. The molecule has 0 fully saturated rings. The predicted molar refractivity (Wildman–Crippen MR) is 66.4 cm³/mol. The molecule has 0 saturated heterocycles. The smallest absolute Gasteiger partial charge is 0.271 e. The summed E-state index contributed by atoms with van der Waals surface area (Å²) in [6.45, 7) is 6.20. The van der Waals surface area contributed by atoms with Crippen molar-refractivity contribution < 1.29 is 10.0 Å². The number of hydrogen-bond acceptors (Lipinski definition) is 4. The lowest BCUT2D eigenvalue weighted by atomic mass is 10.1. The van der Waals surface area contributed by atoms with Crippen LogP contribution in [-0.4, -0.2) is 15.6 Å². The number of nitro benzene ring substituents is 1. The van der Waals surface area contributed by atoms with E-state index in [1.54, 1.807) is 0 Å². The van der Waals surface area contributed by atoms with Crippen molar-refractivity contribution in [3.05, 3.63) is 32.8 Å². The van der Waals surface area contributed by atoms with Gasteiger partial charge in [0.1, 0.15) is 5.75 Å². The molecule has 0 heterocycles. The molecule has 0 bridgehead atoms. The summed E-state index contributed by atoms with van der Waals surface area (Å²) in [5.41, 5.74) is 0.140. The van der Waals surface area contributed by atoms with Gasteiger partial charge in [-0.3, -0.25) is 10.1 Å². The molecule has 0 atom stereocenters. The van der Waals surface area contributed by atoms with Gasteiger partial charge in [0.25, 0.3) is 5.69 Å². The van der Waals surface area contributed by atoms with E-state index in [-0.39, 0.29) is 22.0 Å². The second-order valence-electron chi connectivity index (χ2n) is 4.80. The number of nitro groups is 1. The van der Waals surface area contributed by atoms with Gasteiger partial charge in [0.15, 0.2) is 0 Å². The average Bonchev–Trinajstić information content (AvgIpc) is 2.18. The summed E-state index contributed by atoms with van der Waals surface area (Å²) >= 11 is 5.73. The maximum atomic E-state index is 10.7. The van der Waals surface area contributed by atoms with Crippen molar-refractivity contribution in [2.75, 3.05) is 0 Å². The fourth-order valence-corrected chi connectivity index (χ4v) is 1.47. The first kappa shape index (κ1) is 13.7. The van der Waals surface area contributed by atoms with Gasteiger partial charge < -0.3 is 10.4 Å². The van der Waals surface area contributed by atoms with Crippen molar-refractivity contribution in [1.29, 1.82) is 0 Å². The Kier molecular flexibility index (Phi) is 3.95. The lowest BCUT2D eigenvalue weighted by Crippen LogP contribution is -2.35. The summed E-state index contributed by atoms with van der Waals surface area (Å²) in [6.07, 6.45) is 0. The van der Waals surface area contributed by atoms with E-state index in [1.807, 2.05) is 20.8 Å². The molecular formula is C11H15ClN2O3. The molecule has 0 aromatic heterocycles. The van der Waals surface area contributed by atoms with Gasteiger partial charge in [-0.2, -0.15) is 0 Å². The van der Waals surface area contributed by atoms with Crippen molar-refractivity contribution in [3.63, 3.8) is 0 Å².